The van der Waals surface area contributed by atoms with Crippen molar-refractivity contribution in [1.82, 2.24) is 10.3 Å². The van der Waals surface area contributed by atoms with Gasteiger partial charge < -0.3 is 10.4 Å². The van der Waals surface area contributed by atoms with Crippen LogP contribution >= 0.6 is 11.6 Å². The number of rotatable bonds is 5. The van der Waals surface area contributed by atoms with Crippen LogP contribution < -0.4 is 5.32 Å². The Morgan fingerprint density at radius 2 is 2.13 bits per heavy atom. The third-order valence-corrected chi connectivity index (χ3v) is 4.71. The predicted molar refractivity (Wildman–Crippen MR) is 90.1 cm³/mol. The van der Waals surface area contributed by atoms with E-state index in [1.165, 1.54) is 0 Å². The van der Waals surface area contributed by atoms with Crippen LogP contribution in [0.1, 0.15) is 34.0 Å². The number of benzene rings is 1. The Bertz CT molecular complexity index is 682. The number of halogens is 1. The van der Waals surface area contributed by atoms with E-state index in [0.29, 0.717) is 22.2 Å². The zero-order chi connectivity index (χ0) is 16.2. The smallest absolute Gasteiger partial charge is 0.337 e. The molecule has 0 amide bonds. The Morgan fingerprint density at radius 1 is 1.35 bits per heavy atom. The van der Waals surface area contributed by atoms with Gasteiger partial charge in [0.2, 0.25) is 0 Å². The molecule has 0 bridgehead atoms. The molecule has 4 nitrogen and oxygen atoms in total. The van der Waals surface area contributed by atoms with Crippen molar-refractivity contribution in [3.05, 3.63) is 64.4 Å². The van der Waals surface area contributed by atoms with Crippen LogP contribution in [0.5, 0.6) is 0 Å². The standard InChI is InChI=1S/C18H19ClN2O2/c19-14-5-3-12(4-6-14)10-16(13-7-9-20-11-13)17-15(18(22)23)2-1-8-21-17/h1-6,8,13,16,20H,7,9-11H2,(H,22,23). The summed E-state index contributed by atoms with van der Waals surface area (Å²) in [5.41, 5.74) is 2.13. The molecule has 1 aliphatic heterocycles. The first-order valence-corrected chi connectivity index (χ1v) is 8.16. The molecule has 2 unspecified atom stereocenters. The number of hydrogen-bond acceptors (Lipinski definition) is 3. The molecule has 23 heavy (non-hydrogen) atoms. The minimum Gasteiger partial charge on any atom is -0.478 e. The van der Waals surface area contributed by atoms with Gasteiger partial charge in [0.15, 0.2) is 0 Å². The van der Waals surface area contributed by atoms with Crippen molar-refractivity contribution in [2.24, 2.45) is 5.92 Å². The summed E-state index contributed by atoms with van der Waals surface area (Å²) in [6.07, 6.45) is 3.48. The van der Waals surface area contributed by atoms with Gasteiger partial charge >= 0.3 is 5.97 Å². The molecule has 2 N–H and O–H groups in total. The van der Waals surface area contributed by atoms with Crippen LogP contribution in [0.4, 0.5) is 0 Å². The second kappa shape index (κ2) is 7.11. The van der Waals surface area contributed by atoms with E-state index in [0.717, 1.165) is 31.5 Å². The summed E-state index contributed by atoms with van der Waals surface area (Å²) < 4.78 is 0. The molecule has 2 heterocycles. The molecule has 0 saturated carbocycles. The van der Waals surface area contributed by atoms with Crippen molar-refractivity contribution in [2.75, 3.05) is 13.1 Å². The number of carbonyl (C=O) groups is 1. The Balaban J connectivity index is 1.95. The highest BCUT2D eigenvalue weighted by molar-refractivity contribution is 6.30. The molecule has 3 rings (SSSR count). The van der Waals surface area contributed by atoms with Crippen molar-refractivity contribution in [2.45, 2.75) is 18.8 Å². The summed E-state index contributed by atoms with van der Waals surface area (Å²) in [5, 5.41) is 13.6. The average molecular weight is 331 g/mol. The number of hydrogen-bond donors (Lipinski definition) is 2. The van der Waals surface area contributed by atoms with Crippen molar-refractivity contribution >= 4 is 17.6 Å². The molecule has 1 aromatic carbocycles. The number of aromatic carboxylic acids is 1. The molecular weight excluding hydrogens is 312 g/mol. The zero-order valence-corrected chi connectivity index (χ0v) is 13.5. The van der Waals surface area contributed by atoms with E-state index in [4.69, 9.17) is 11.6 Å². The van der Waals surface area contributed by atoms with Gasteiger partial charge in [0.1, 0.15) is 0 Å². The second-order valence-electron chi connectivity index (χ2n) is 5.93. The second-order valence-corrected chi connectivity index (χ2v) is 6.37. The van der Waals surface area contributed by atoms with E-state index in [9.17, 15) is 9.90 Å². The Labute approximate surface area is 140 Å². The number of carboxylic acids is 1. The first kappa shape index (κ1) is 16.0. The first-order valence-electron chi connectivity index (χ1n) is 7.78. The normalized spacial score (nSPS) is 18.7. The highest BCUT2D eigenvalue weighted by Crippen LogP contribution is 2.33. The summed E-state index contributed by atoms with van der Waals surface area (Å²) in [7, 11) is 0. The van der Waals surface area contributed by atoms with E-state index in [2.05, 4.69) is 10.3 Å². The quantitative estimate of drug-likeness (QED) is 0.882. The molecule has 2 atom stereocenters. The number of aromatic nitrogens is 1. The first-order chi connectivity index (χ1) is 11.1. The maximum atomic E-state index is 11.6. The van der Waals surface area contributed by atoms with Gasteiger partial charge in [-0.15, -0.1) is 0 Å². The minimum atomic E-state index is -0.917. The molecule has 5 heteroatoms. The van der Waals surface area contributed by atoms with Gasteiger partial charge in [-0.05, 0) is 61.7 Å². The van der Waals surface area contributed by atoms with Crippen molar-refractivity contribution < 1.29 is 9.90 Å². The summed E-state index contributed by atoms with van der Waals surface area (Å²) in [6.45, 7) is 1.87. The van der Waals surface area contributed by atoms with Gasteiger partial charge in [0.05, 0.1) is 11.3 Å². The van der Waals surface area contributed by atoms with Crippen LogP contribution in [0.15, 0.2) is 42.6 Å². The Hall–Kier alpha value is -1.91. The third-order valence-electron chi connectivity index (χ3n) is 4.46. The minimum absolute atomic E-state index is 0.0819. The molecule has 2 aromatic rings. The lowest BCUT2D eigenvalue weighted by atomic mass is 9.82. The molecule has 0 radical (unpaired) electrons. The van der Waals surface area contributed by atoms with Gasteiger partial charge in [0.25, 0.3) is 0 Å². The number of nitrogens with zero attached hydrogens (tertiary/aromatic N) is 1. The van der Waals surface area contributed by atoms with Crippen LogP contribution in [-0.4, -0.2) is 29.1 Å². The van der Waals surface area contributed by atoms with Gasteiger partial charge in [-0.25, -0.2) is 4.79 Å². The molecule has 1 saturated heterocycles. The van der Waals surface area contributed by atoms with E-state index in [1.54, 1.807) is 18.3 Å². The van der Waals surface area contributed by atoms with Crippen LogP contribution in [0.2, 0.25) is 5.02 Å². The van der Waals surface area contributed by atoms with Gasteiger partial charge in [-0.2, -0.15) is 0 Å². The van der Waals surface area contributed by atoms with Crippen molar-refractivity contribution in [3.63, 3.8) is 0 Å². The van der Waals surface area contributed by atoms with E-state index < -0.39 is 5.97 Å². The van der Waals surface area contributed by atoms with Crippen molar-refractivity contribution in [1.29, 1.82) is 0 Å². The van der Waals surface area contributed by atoms with E-state index in [1.807, 2.05) is 24.3 Å². The summed E-state index contributed by atoms with van der Waals surface area (Å²) >= 11 is 5.96. The number of carboxylic acid groups (broad SMARTS) is 1. The summed E-state index contributed by atoms with van der Waals surface area (Å²) in [6, 6.07) is 11.1. The lowest BCUT2D eigenvalue weighted by Crippen LogP contribution is -2.22. The zero-order valence-electron chi connectivity index (χ0n) is 12.7. The fourth-order valence-electron chi connectivity index (χ4n) is 3.28. The fraction of sp³-hybridized carbons (Fsp3) is 0.333. The van der Waals surface area contributed by atoms with Crippen LogP contribution in [0, 0.1) is 5.92 Å². The molecule has 1 fully saturated rings. The maximum Gasteiger partial charge on any atom is 0.337 e. The van der Waals surface area contributed by atoms with Gasteiger partial charge in [-0.3, -0.25) is 4.98 Å². The lowest BCUT2D eigenvalue weighted by Gasteiger charge is -2.24. The van der Waals surface area contributed by atoms with E-state index in [-0.39, 0.29) is 5.92 Å². The Kier molecular flexibility index (Phi) is 4.94. The van der Waals surface area contributed by atoms with Gasteiger partial charge in [0, 0.05) is 17.1 Å². The average Bonchev–Trinajstić information content (AvgIpc) is 3.08. The highest BCUT2D eigenvalue weighted by Gasteiger charge is 2.30. The maximum absolute atomic E-state index is 11.6. The number of nitrogens with one attached hydrogen (secondary N) is 1. The fourth-order valence-corrected chi connectivity index (χ4v) is 3.40. The largest absolute Gasteiger partial charge is 0.478 e. The molecule has 0 aliphatic carbocycles. The topological polar surface area (TPSA) is 62.2 Å². The molecular formula is C18H19ClN2O2. The predicted octanol–water partition coefficient (Wildman–Crippen LogP) is 3.37. The van der Waals surface area contributed by atoms with Crippen LogP contribution in [-0.2, 0) is 6.42 Å². The summed E-state index contributed by atoms with van der Waals surface area (Å²) in [4.78, 5) is 16.0. The summed E-state index contributed by atoms with van der Waals surface area (Å²) in [5.74, 6) is -0.447. The monoisotopic (exact) mass is 330 g/mol. The van der Waals surface area contributed by atoms with E-state index >= 15 is 0 Å². The SMILES string of the molecule is O=C(O)c1cccnc1C(Cc1ccc(Cl)cc1)C1CCNC1. The number of pyridine rings is 1. The highest BCUT2D eigenvalue weighted by atomic mass is 35.5. The van der Waals surface area contributed by atoms with Gasteiger partial charge in [-0.1, -0.05) is 23.7 Å². The van der Waals surface area contributed by atoms with Crippen LogP contribution in [0.25, 0.3) is 0 Å². The van der Waals surface area contributed by atoms with Crippen LogP contribution in [0.3, 0.4) is 0 Å². The Morgan fingerprint density at radius 3 is 2.78 bits per heavy atom. The third kappa shape index (κ3) is 3.71. The lowest BCUT2D eigenvalue weighted by molar-refractivity contribution is 0.0694. The molecule has 1 aromatic heterocycles. The molecule has 0 spiro atoms. The molecule has 1 aliphatic rings. The van der Waals surface area contributed by atoms with Crippen molar-refractivity contribution in [3.8, 4) is 0 Å². The molecule has 120 valence electrons.